The highest BCUT2D eigenvalue weighted by atomic mass is 79.9. The number of aliphatic hydroxyl groups excluding tert-OH is 1. The molecule has 1 aliphatic heterocycles. The van der Waals surface area contributed by atoms with Gasteiger partial charge in [-0.15, -0.1) is 11.3 Å². The molecule has 1 saturated heterocycles. The molecule has 2 N–H and O–H groups in total. The van der Waals surface area contributed by atoms with Crippen LogP contribution in [0.15, 0.2) is 15.9 Å². The molecule has 1 aliphatic rings. The van der Waals surface area contributed by atoms with Crippen LogP contribution in [0.2, 0.25) is 0 Å². The van der Waals surface area contributed by atoms with E-state index in [1.807, 2.05) is 11.3 Å². The lowest BCUT2D eigenvalue weighted by Gasteiger charge is -2.37. The Kier molecular flexibility index (Phi) is 3.50. The van der Waals surface area contributed by atoms with Crippen LogP contribution < -0.4 is 5.32 Å². The highest BCUT2D eigenvalue weighted by Crippen LogP contribution is 2.37. The predicted octanol–water partition coefficient (Wildman–Crippen LogP) is 2.73. The van der Waals surface area contributed by atoms with Gasteiger partial charge in [-0.1, -0.05) is 0 Å². The average Bonchev–Trinajstić information content (AvgIpc) is 2.65. The normalized spacial score (nSPS) is 31.8. The number of thiophene rings is 1. The van der Waals surface area contributed by atoms with E-state index in [1.54, 1.807) is 0 Å². The maximum absolute atomic E-state index is 9.35. The summed E-state index contributed by atoms with van der Waals surface area (Å²) in [5, 5.41) is 12.7. The number of piperidine rings is 1. The van der Waals surface area contributed by atoms with E-state index >= 15 is 0 Å². The van der Waals surface area contributed by atoms with E-state index in [-0.39, 0.29) is 12.1 Å². The van der Waals surface area contributed by atoms with Crippen LogP contribution in [-0.2, 0) is 0 Å². The first kappa shape index (κ1) is 11.6. The van der Waals surface area contributed by atoms with Crippen molar-refractivity contribution in [3.63, 3.8) is 0 Å². The molecule has 0 bridgehead atoms. The molecule has 0 radical (unpaired) electrons. The highest BCUT2D eigenvalue weighted by Gasteiger charge is 2.32. The van der Waals surface area contributed by atoms with Gasteiger partial charge in [0.2, 0.25) is 0 Å². The molecule has 2 atom stereocenters. The number of rotatable bonds is 2. The van der Waals surface area contributed by atoms with Crippen molar-refractivity contribution in [1.82, 2.24) is 5.32 Å². The van der Waals surface area contributed by atoms with Gasteiger partial charge in [-0.05, 0) is 60.3 Å². The molecule has 84 valence electrons. The van der Waals surface area contributed by atoms with Gasteiger partial charge >= 0.3 is 0 Å². The standard InChI is InChI=1S/C11H16BrNOS/c1-11(7-14)6-8(4-5-13-11)9-2-3-10(12)15-9/h2-3,8,13-14H,4-7H2,1H3. The SMILES string of the molecule is CC1(CO)CC(c2ccc(Br)s2)CCN1. The first-order valence-corrected chi connectivity index (χ1v) is 6.85. The molecule has 1 aromatic heterocycles. The molecule has 0 amide bonds. The van der Waals surface area contributed by atoms with Crippen molar-refractivity contribution in [2.45, 2.75) is 31.2 Å². The highest BCUT2D eigenvalue weighted by molar-refractivity contribution is 9.11. The molecule has 0 saturated carbocycles. The van der Waals surface area contributed by atoms with Crippen molar-refractivity contribution in [2.75, 3.05) is 13.2 Å². The summed E-state index contributed by atoms with van der Waals surface area (Å²) in [6.07, 6.45) is 2.19. The lowest BCUT2D eigenvalue weighted by molar-refractivity contribution is 0.138. The summed E-state index contributed by atoms with van der Waals surface area (Å²) < 4.78 is 1.20. The zero-order valence-electron chi connectivity index (χ0n) is 8.79. The minimum absolute atomic E-state index is 0.0978. The number of aliphatic hydroxyl groups is 1. The van der Waals surface area contributed by atoms with Crippen molar-refractivity contribution in [3.8, 4) is 0 Å². The fourth-order valence-electron chi connectivity index (χ4n) is 2.18. The molecule has 0 aliphatic carbocycles. The lowest BCUT2D eigenvalue weighted by atomic mass is 9.83. The fourth-order valence-corrected chi connectivity index (χ4v) is 3.74. The largest absolute Gasteiger partial charge is 0.394 e. The maximum atomic E-state index is 9.35. The van der Waals surface area contributed by atoms with Crippen molar-refractivity contribution in [2.24, 2.45) is 0 Å². The van der Waals surface area contributed by atoms with Crippen LogP contribution in [0.3, 0.4) is 0 Å². The molecule has 4 heteroatoms. The van der Waals surface area contributed by atoms with Gasteiger partial charge in [0.1, 0.15) is 0 Å². The summed E-state index contributed by atoms with van der Waals surface area (Å²) in [4.78, 5) is 1.43. The second-order valence-corrected chi connectivity index (χ2v) is 6.97. The maximum Gasteiger partial charge on any atom is 0.0701 e. The monoisotopic (exact) mass is 289 g/mol. The predicted molar refractivity (Wildman–Crippen MR) is 67.5 cm³/mol. The quantitative estimate of drug-likeness (QED) is 0.878. The zero-order chi connectivity index (χ0) is 10.9. The van der Waals surface area contributed by atoms with E-state index in [9.17, 15) is 5.11 Å². The summed E-state index contributed by atoms with van der Waals surface area (Å²) in [5.74, 6) is 0.597. The van der Waals surface area contributed by atoms with Crippen LogP contribution in [0, 0.1) is 0 Å². The Balaban J connectivity index is 2.11. The summed E-state index contributed by atoms with van der Waals surface area (Å²) in [7, 11) is 0. The van der Waals surface area contributed by atoms with Crippen LogP contribution >= 0.6 is 27.3 Å². The van der Waals surface area contributed by atoms with E-state index in [1.165, 1.54) is 15.1 Å². The van der Waals surface area contributed by atoms with E-state index in [0.29, 0.717) is 5.92 Å². The van der Waals surface area contributed by atoms with E-state index in [4.69, 9.17) is 0 Å². The van der Waals surface area contributed by atoms with Gasteiger partial charge in [0.15, 0.2) is 0 Å². The molecule has 2 unspecified atom stereocenters. The minimum Gasteiger partial charge on any atom is -0.394 e. The number of nitrogens with one attached hydrogen (secondary N) is 1. The van der Waals surface area contributed by atoms with Crippen molar-refractivity contribution < 1.29 is 5.11 Å². The Hall–Kier alpha value is 0.1000. The third-order valence-electron chi connectivity index (χ3n) is 3.09. The molecule has 0 aromatic carbocycles. The second-order valence-electron chi connectivity index (χ2n) is 4.48. The number of hydrogen-bond donors (Lipinski definition) is 2. The third-order valence-corrected chi connectivity index (χ3v) is 4.87. The fraction of sp³-hybridized carbons (Fsp3) is 0.636. The Morgan fingerprint density at radius 1 is 1.67 bits per heavy atom. The lowest BCUT2D eigenvalue weighted by Crippen LogP contribution is -2.50. The first-order valence-electron chi connectivity index (χ1n) is 5.24. The summed E-state index contributed by atoms with van der Waals surface area (Å²) in [6, 6.07) is 4.31. The van der Waals surface area contributed by atoms with Gasteiger partial charge in [-0.2, -0.15) is 0 Å². The van der Waals surface area contributed by atoms with Crippen molar-refractivity contribution in [3.05, 3.63) is 20.8 Å². The van der Waals surface area contributed by atoms with Gasteiger partial charge < -0.3 is 10.4 Å². The van der Waals surface area contributed by atoms with Gasteiger partial charge in [-0.25, -0.2) is 0 Å². The number of hydrogen-bond acceptors (Lipinski definition) is 3. The van der Waals surface area contributed by atoms with Crippen LogP contribution in [0.5, 0.6) is 0 Å². The molecule has 2 nitrogen and oxygen atoms in total. The van der Waals surface area contributed by atoms with Crippen molar-refractivity contribution >= 4 is 27.3 Å². The topological polar surface area (TPSA) is 32.3 Å². The average molecular weight is 290 g/mol. The Morgan fingerprint density at radius 3 is 3.07 bits per heavy atom. The zero-order valence-corrected chi connectivity index (χ0v) is 11.2. The first-order chi connectivity index (χ1) is 7.13. The smallest absolute Gasteiger partial charge is 0.0701 e. The summed E-state index contributed by atoms with van der Waals surface area (Å²) >= 11 is 5.31. The van der Waals surface area contributed by atoms with Gasteiger partial charge in [0, 0.05) is 10.4 Å². The molecule has 2 heterocycles. The van der Waals surface area contributed by atoms with Gasteiger partial charge in [-0.3, -0.25) is 0 Å². The molecule has 1 fully saturated rings. The van der Waals surface area contributed by atoms with Gasteiger partial charge in [0.05, 0.1) is 10.4 Å². The Morgan fingerprint density at radius 2 is 2.47 bits per heavy atom. The van der Waals surface area contributed by atoms with Crippen LogP contribution in [-0.4, -0.2) is 23.8 Å². The van der Waals surface area contributed by atoms with Crippen LogP contribution in [0.1, 0.15) is 30.6 Å². The summed E-state index contributed by atoms with van der Waals surface area (Å²) in [5.41, 5.74) is -0.0978. The Bertz CT molecular complexity index is 341. The van der Waals surface area contributed by atoms with E-state index in [0.717, 1.165) is 13.0 Å². The van der Waals surface area contributed by atoms with Gasteiger partial charge in [0.25, 0.3) is 0 Å². The second kappa shape index (κ2) is 4.53. The molecular weight excluding hydrogens is 274 g/mol. The Labute approximate surface area is 103 Å². The molecule has 1 aromatic rings. The van der Waals surface area contributed by atoms with E-state index in [2.05, 4.69) is 40.3 Å². The summed E-state index contributed by atoms with van der Waals surface area (Å²) in [6.45, 7) is 3.31. The van der Waals surface area contributed by atoms with Crippen molar-refractivity contribution in [1.29, 1.82) is 0 Å². The molecular formula is C11H16BrNOS. The van der Waals surface area contributed by atoms with Crippen LogP contribution in [0.4, 0.5) is 0 Å². The van der Waals surface area contributed by atoms with E-state index < -0.39 is 0 Å². The third kappa shape index (κ3) is 2.61. The molecule has 15 heavy (non-hydrogen) atoms. The molecule has 0 spiro atoms. The number of halogens is 1. The molecule has 2 rings (SSSR count). The van der Waals surface area contributed by atoms with Crippen LogP contribution in [0.25, 0.3) is 0 Å². The minimum atomic E-state index is -0.0978.